The van der Waals surface area contributed by atoms with Gasteiger partial charge in [0.1, 0.15) is 17.5 Å². The number of hydrogen-bond acceptors (Lipinski definition) is 2. The average molecular weight is 285 g/mol. The summed E-state index contributed by atoms with van der Waals surface area (Å²) in [6, 6.07) is 12.2. The van der Waals surface area contributed by atoms with E-state index in [1.54, 1.807) is 31.2 Å². The quantitative estimate of drug-likeness (QED) is 0.780. The van der Waals surface area contributed by atoms with Crippen LogP contribution >= 0.6 is 0 Å². The minimum absolute atomic E-state index is 0.313. The normalized spacial score (nSPS) is 10.8. The Hall–Kier alpha value is -2.69. The van der Waals surface area contributed by atoms with Gasteiger partial charge in [-0.25, -0.2) is 13.5 Å². The van der Waals surface area contributed by atoms with Crippen molar-refractivity contribution in [2.45, 2.75) is 6.92 Å². The lowest BCUT2D eigenvalue weighted by Gasteiger charge is -2.07. The van der Waals surface area contributed by atoms with E-state index in [2.05, 4.69) is 5.10 Å². The van der Waals surface area contributed by atoms with E-state index in [-0.39, 0.29) is 11.6 Å². The van der Waals surface area contributed by atoms with Gasteiger partial charge in [0.15, 0.2) is 0 Å². The Labute approximate surface area is 120 Å². The third-order valence-electron chi connectivity index (χ3n) is 3.24. The first kappa shape index (κ1) is 13.3. The van der Waals surface area contributed by atoms with Gasteiger partial charge in [-0.1, -0.05) is 12.1 Å². The predicted octanol–water partition coefficient (Wildman–Crippen LogP) is 3.71. The molecule has 0 amide bonds. The Morgan fingerprint density at radius 1 is 1.00 bits per heavy atom. The number of nitrogen functional groups attached to an aromatic ring is 1. The maximum atomic E-state index is 13.3. The fourth-order valence-electron chi connectivity index (χ4n) is 2.23. The monoisotopic (exact) mass is 285 g/mol. The van der Waals surface area contributed by atoms with E-state index in [1.807, 2.05) is 0 Å². The first-order chi connectivity index (χ1) is 10.0. The molecule has 0 saturated carbocycles. The number of benzene rings is 2. The molecular formula is C16H13F2N3. The number of nitrogens with zero attached hydrogens (tertiary/aromatic N) is 2. The van der Waals surface area contributed by atoms with Gasteiger partial charge in [0.05, 0.1) is 11.4 Å². The van der Waals surface area contributed by atoms with E-state index in [9.17, 15) is 8.78 Å². The van der Waals surface area contributed by atoms with Gasteiger partial charge in [-0.2, -0.15) is 5.10 Å². The number of anilines is 1. The van der Waals surface area contributed by atoms with E-state index in [0.717, 1.165) is 5.56 Å². The largest absolute Gasteiger partial charge is 0.384 e. The lowest BCUT2D eigenvalue weighted by molar-refractivity contribution is 0.625. The molecule has 3 rings (SSSR count). The molecule has 3 nitrogen and oxygen atoms in total. The van der Waals surface area contributed by atoms with E-state index >= 15 is 0 Å². The summed E-state index contributed by atoms with van der Waals surface area (Å²) in [6.07, 6.45) is 0. The van der Waals surface area contributed by atoms with E-state index in [0.29, 0.717) is 22.8 Å². The molecule has 106 valence electrons. The van der Waals surface area contributed by atoms with Crippen molar-refractivity contribution in [3.63, 3.8) is 0 Å². The molecule has 0 radical (unpaired) electrons. The van der Waals surface area contributed by atoms with Gasteiger partial charge < -0.3 is 5.73 Å². The Bertz CT molecular complexity index is 809. The fraction of sp³-hybridized carbons (Fsp3) is 0.0625. The maximum Gasteiger partial charge on any atom is 0.127 e. The number of rotatable bonds is 2. The molecule has 2 aromatic carbocycles. The van der Waals surface area contributed by atoms with Crippen molar-refractivity contribution in [1.82, 2.24) is 9.78 Å². The highest BCUT2D eigenvalue weighted by Gasteiger charge is 2.11. The van der Waals surface area contributed by atoms with Crippen LogP contribution in [0.3, 0.4) is 0 Å². The van der Waals surface area contributed by atoms with Crippen molar-refractivity contribution in [3.8, 4) is 16.9 Å². The smallest absolute Gasteiger partial charge is 0.127 e. The zero-order valence-electron chi connectivity index (χ0n) is 11.3. The topological polar surface area (TPSA) is 43.8 Å². The van der Waals surface area contributed by atoms with Crippen LogP contribution in [0.5, 0.6) is 0 Å². The van der Waals surface area contributed by atoms with Gasteiger partial charge >= 0.3 is 0 Å². The van der Waals surface area contributed by atoms with E-state index < -0.39 is 0 Å². The molecule has 2 N–H and O–H groups in total. The Morgan fingerprint density at radius 3 is 2.48 bits per heavy atom. The summed E-state index contributed by atoms with van der Waals surface area (Å²) in [5.41, 5.74) is 8.58. The van der Waals surface area contributed by atoms with Crippen LogP contribution in [0.1, 0.15) is 5.56 Å². The molecule has 0 aliphatic carbocycles. The number of halogens is 2. The highest BCUT2D eigenvalue weighted by molar-refractivity contribution is 5.64. The molecule has 0 unspecified atom stereocenters. The SMILES string of the molecule is Cc1cc(F)ccc1-n1nc(-c2cccc(F)c2)cc1N. The van der Waals surface area contributed by atoms with Crippen LogP contribution in [0.25, 0.3) is 16.9 Å². The summed E-state index contributed by atoms with van der Waals surface area (Å²) in [6.45, 7) is 1.78. The molecule has 0 aliphatic rings. The van der Waals surface area contributed by atoms with Crippen molar-refractivity contribution in [2.24, 2.45) is 0 Å². The summed E-state index contributed by atoms with van der Waals surface area (Å²) < 4.78 is 28.0. The zero-order chi connectivity index (χ0) is 15.0. The third kappa shape index (κ3) is 2.50. The summed E-state index contributed by atoms with van der Waals surface area (Å²) >= 11 is 0. The Balaban J connectivity index is 2.10. The van der Waals surface area contributed by atoms with Crippen molar-refractivity contribution < 1.29 is 8.78 Å². The van der Waals surface area contributed by atoms with Gasteiger partial charge in [0, 0.05) is 11.6 Å². The minimum atomic E-state index is -0.335. The van der Waals surface area contributed by atoms with Crippen LogP contribution < -0.4 is 5.73 Å². The number of aryl methyl sites for hydroxylation is 1. The maximum absolute atomic E-state index is 13.3. The summed E-state index contributed by atoms with van der Waals surface area (Å²) in [5, 5.41) is 4.38. The fourth-order valence-corrected chi connectivity index (χ4v) is 2.23. The second kappa shape index (κ2) is 5.01. The molecular weight excluding hydrogens is 272 g/mol. The summed E-state index contributed by atoms with van der Waals surface area (Å²) in [5.74, 6) is -0.241. The summed E-state index contributed by atoms with van der Waals surface area (Å²) in [4.78, 5) is 0. The van der Waals surface area contributed by atoms with Crippen molar-refractivity contribution >= 4 is 5.82 Å². The van der Waals surface area contributed by atoms with Crippen LogP contribution in [0.15, 0.2) is 48.5 Å². The zero-order valence-corrected chi connectivity index (χ0v) is 11.3. The number of hydrogen-bond donors (Lipinski definition) is 1. The number of aromatic nitrogens is 2. The van der Waals surface area contributed by atoms with Gasteiger partial charge in [-0.05, 0) is 42.8 Å². The van der Waals surface area contributed by atoms with Gasteiger partial charge in [0.25, 0.3) is 0 Å². The second-order valence-electron chi connectivity index (χ2n) is 4.81. The Morgan fingerprint density at radius 2 is 1.76 bits per heavy atom. The molecule has 0 fully saturated rings. The van der Waals surface area contributed by atoms with Crippen molar-refractivity contribution in [2.75, 3.05) is 5.73 Å². The first-order valence-corrected chi connectivity index (χ1v) is 6.42. The predicted molar refractivity (Wildman–Crippen MR) is 78.1 cm³/mol. The highest BCUT2D eigenvalue weighted by atomic mass is 19.1. The average Bonchev–Trinajstić information content (AvgIpc) is 2.81. The molecule has 1 aromatic heterocycles. The van der Waals surface area contributed by atoms with Gasteiger partial charge in [-0.3, -0.25) is 0 Å². The van der Waals surface area contributed by atoms with E-state index in [1.165, 1.54) is 28.9 Å². The molecule has 0 bridgehead atoms. The highest BCUT2D eigenvalue weighted by Crippen LogP contribution is 2.25. The third-order valence-corrected chi connectivity index (χ3v) is 3.24. The van der Waals surface area contributed by atoms with Crippen molar-refractivity contribution in [1.29, 1.82) is 0 Å². The Kier molecular flexibility index (Phi) is 3.17. The molecule has 0 atom stereocenters. The van der Waals surface area contributed by atoms with Gasteiger partial charge in [-0.15, -0.1) is 0 Å². The van der Waals surface area contributed by atoms with Crippen LogP contribution in [-0.2, 0) is 0 Å². The molecule has 0 spiro atoms. The summed E-state index contributed by atoms with van der Waals surface area (Å²) in [7, 11) is 0. The molecule has 0 aliphatic heterocycles. The molecule has 5 heteroatoms. The van der Waals surface area contributed by atoms with E-state index in [4.69, 9.17) is 5.73 Å². The molecule has 21 heavy (non-hydrogen) atoms. The van der Waals surface area contributed by atoms with Crippen LogP contribution in [0, 0.1) is 18.6 Å². The standard InChI is InChI=1S/C16H13F2N3/c1-10-7-13(18)5-6-15(10)21-16(19)9-14(20-21)11-3-2-4-12(17)8-11/h2-9H,19H2,1H3. The molecule has 1 heterocycles. The minimum Gasteiger partial charge on any atom is -0.384 e. The second-order valence-corrected chi connectivity index (χ2v) is 4.81. The lowest BCUT2D eigenvalue weighted by Crippen LogP contribution is -2.03. The molecule has 0 saturated heterocycles. The number of nitrogens with two attached hydrogens (primary N) is 1. The van der Waals surface area contributed by atoms with Crippen LogP contribution in [-0.4, -0.2) is 9.78 Å². The van der Waals surface area contributed by atoms with Gasteiger partial charge in [0.2, 0.25) is 0 Å². The van der Waals surface area contributed by atoms with Crippen LogP contribution in [0.4, 0.5) is 14.6 Å². The first-order valence-electron chi connectivity index (χ1n) is 6.42. The van der Waals surface area contributed by atoms with Crippen LogP contribution in [0.2, 0.25) is 0 Å². The molecule has 3 aromatic rings. The lowest BCUT2D eigenvalue weighted by atomic mass is 10.1. The van der Waals surface area contributed by atoms with Crippen molar-refractivity contribution in [3.05, 3.63) is 65.7 Å².